The molecule has 210 valence electrons. The molecular formula is C33H43NO5. The van der Waals surface area contributed by atoms with Crippen LogP contribution in [0.5, 0.6) is 0 Å². The third kappa shape index (κ3) is 3.92. The average Bonchev–Trinajstić information content (AvgIpc) is 3.62. The Hall–Kier alpha value is -2.31. The van der Waals surface area contributed by atoms with Gasteiger partial charge in [0, 0.05) is 36.3 Å². The summed E-state index contributed by atoms with van der Waals surface area (Å²) in [5.41, 5.74) is 0.262. The molecule has 8 atom stereocenters. The maximum atomic E-state index is 12.4. The number of hydrogen-bond acceptors (Lipinski definition) is 6. The van der Waals surface area contributed by atoms with Crippen molar-refractivity contribution in [1.82, 2.24) is 4.90 Å². The van der Waals surface area contributed by atoms with Gasteiger partial charge in [-0.2, -0.15) is 0 Å². The topological polar surface area (TPSA) is 68.2 Å². The number of nitrogens with zero attached hydrogens (tertiary/aromatic N) is 1. The van der Waals surface area contributed by atoms with Crippen molar-refractivity contribution >= 4 is 5.97 Å². The smallest absolute Gasteiger partial charge is 0.343 e. The molecule has 0 amide bonds. The highest BCUT2D eigenvalue weighted by Crippen LogP contribution is 2.57. The first-order chi connectivity index (χ1) is 18.9. The highest BCUT2D eigenvalue weighted by Gasteiger charge is 2.59. The van der Waals surface area contributed by atoms with Gasteiger partial charge in [-0.3, -0.25) is 4.90 Å². The van der Waals surface area contributed by atoms with Crippen LogP contribution >= 0.6 is 0 Å². The fourth-order valence-electron chi connectivity index (χ4n) is 9.32. The summed E-state index contributed by atoms with van der Waals surface area (Å²) < 4.78 is 17.9. The summed E-state index contributed by atoms with van der Waals surface area (Å²) in [5, 5.41) is 12.0. The van der Waals surface area contributed by atoms with E-state index in [2.05, 4.69) is 42.2 Å². The first-order valence-corrected chi connectivity index (χ1v) is 15.3. The summed E-state index contributed by atoms with van der Waals surface area (Å²) in [6.07, 6.45) is 22.3. The first kappa shape index (κ1) is 25.6. The molecule has 39 heavy (non-hydrogen) atoms. The summed E-state index contributed by atoms with van der Waals surface area (Å²) in [6, 6.07) is 0.126. The Kier molecular flexibility index (Phi) is 6.35. The summed E-state index contributed by atoms with van der Waals surface area (Å²) in [5.74, 6) is 4.36. The van der Waals surface area contributed by atoms with E-state index < -0.39 is 0 Å². The lowest BCUT2D eigenvalue weighted by Gasteiger charge is -2.56. The lowest BCUT2D eigenvalue weighted by atomic mass is 9.66. The van der Waals surface area contributed by atoms with Crippen LogP contribution in [0.4, 0.5) is 0 Å². The fourth-order valence-corrected chi connectivity index (χ4v) is 9.32. The molecule has 0 radical (unpaired) electrons. The Morgan fingerprint density at radius 1 is 1.13 bits per heavy atom. The SMILES string of the molecule is COC1=C(C)C(=O)OC1=C1OC2=CC3C=CC4(CCCC(C(O)C5C=CCC(C6CCCC6)C5)N4C3)C2C1C. The van der Waals surface area contributed by atoms with Crippen LogP contribution in [0.2, 0.25) is 0 Å². The number of aliphatic hydroxyl groups excluding tert-OH is 1. The van der Waals surface area contributed by atoms with Crippen molar-refractivity contribution in [2.24, 2.45) is 35.5 Å². The van der Waals surface area contributed by atoms with Crippen molar-refractivity contribution in [2.45, 2.75) is 89.3 Å². The zero-order valence-corrected chi connectivity index (χ0v) is 23.6. The fraction of sp³-hybridized carbons (Fsp3) is 0.667. The van der Waals surface area contributed by atoms with E-state index in [9.17, 15) is 9.90 Å². The Bertz CT molecular complexity index is 1190. The molecule has 1 N–H and O–H groups in total. The maximum Gasteiger partial charge on any atom is 0.343 e. The van der Waals surface area contributed by atoms with Crippen LogP contribution < -0.4 is 0 Å². The molecule has 8 rings (SSSR count). The molecule has 2 bridgehead atoms. The van der Waals surface area contributed by atoms with Crippen LogP contribution in [0.3, 0.4) is 0 Å². The van der Waals surface area contributed by atoms with Crippen LogP contribution in [-0.4, -0.2) is 47.3 Å². The Balaban J connectivity index is 1.20. The minimum Gasteiger partial charge on any atom is -0.492 e. The number of rotatable bonds is 4. The summed E-state index contributed by atoms with van der Waals surface area (Å²) in [7, 11) is 1.58. The van der Waals surface area contributed by atoms with Crippen molar-refractivity contribution < 1.29 is 24.1 Å². The molecule has 3 aliphatic carbocycles. The minimum absolute atomic E-state index is 0.0105. The number of methoxy groups -OCH3 is 1. The van der Waals surface area contributed by atoms with E-state index in [1.807, 2.05) is 0 Å². The van der Waals surface area contributed by atoms with Gasteiger partial charge in [0.05, 0.1) is 24.3 Å². The lowest BCUT2D eigenvalue weighted by molar-refractivity contribution is -0.133. The second-order valence-electron chi connectivity index (χ2n) is 13.2. The van der Waals surface area contributed by atoms with Crippen LogP contribution in [-0.2, 0) is 19.0 Å². The zero-order chi connectivity index (χ0) is 26.9. The van der Waals surface area contributed by atoms with Crippen molar-refractivity contribution in [1.29, 1.82) is 0 Å². The van der Waals surface area contributed by atoms with Gasteiger partial charge >= 0.3 is 5.97 Å². The molecule has 1 spiro atoms. The number of carbonyl (C=O) groups excluding carboxylic acids is 1. The van der Waals surface area contributed by atoms with Crippen molar-refractivity contribution in [3.8, 4) is 0 Å². The first-order valence-electron chi connectivity index (χ1n) is 15.3. The molecular weight excluding hydrogens is 490 g/mol. The Labute approximate surface area is 232 Å². The molecule has 1 saturated carbocycles. The third-order valence-electron chi connectivity index (χ3n) is 11.2. The van der Waals surface area contributed by atoms with Gasteiger partial charge in [-0.25, -0.2) is 4.79 Å². The summed E-state index contributed by atoms with van der Waals surface area (Å²) >= 11 is 0. The number of hydrogen-bond donors (Lipinski definition) is 1. The number of carbonyl (C=O) groups is 1. The van der Waals surface area contributed by atoms with E-state index in [0.717, 1.165) is 49.8 Å². The van der Waals surface area contributed by atoms with Crippen molar-refractivity contribution in [3.05, 3.63) is 59.0 Å². The van der Waals surface area contributed by atoms with Gasteiger partial charge in [0.1, 0.15) is 5.76 Å². The summed E-state index contributed by atoms with van der Waals surface area (Å²) in [6.45, 7) is 4.85. The van der Waals surface area contributed by atoms with Crippen LogP contribution in [0.15, 0.2) is 59.0 Å². The molecule has 5 aliphatic heterocycles. The zero-order valence-electron chi connectivity index (χ0n) is 23.6. The van der Waals surface area contributed by atoms with E-state index in [1.54, 1.807) is 14.0 Å². The number of cyclic esters (lactones) is 1. The number of ether oxygens (including phenoxy) is 3. The molecule has 6 nitrogen and oxygen atoms in total. The highest BCUT2D eigenvalue weighted by molar-refractivity contribution is 5.93. The van der Waals surface area contributed by atoms with Gasteiger partial charge in [0.15, 0.2) is 11.5 Å². The standard InChI is InChI=1S/C33H43NO5/c1-19-27-26(38-30(19)31-29(37-3)20(2)32(36)39-31)16-21-13-15-33(27)14-7-12-25(34(33)18-21)28(35)24-11-6-10-23(17-24)22-8-4-5-9-22/h6,11,13,15-16,19,21-25,27-28,35H,4-5,7-10,12,14,17-18H2,1-3H3. The second-order valence-corrected chi connectivity index (χ2v) is 13.2. The molecule has 8 unspecified atom stereocenters. The molecule has 5 heterocycles. The van der Waals surface area contributed by atoms with E-state index in [1.165, 1.54) is 32.1 Å². The van der Waals surface area contributed by atoms with Crippen LogP contribution in [0.1, 0.15) is 71.6 Å². The van der Waals surface area contributed by atoms with Gasteiger partial charge < -0.3 is 19.3 Å². The van der Waals surface area contributed by atoms with Crippen LogP contribution in [0, 0.1) is 35.5 Å². The largest absolute Gasteiger partial charge is 0.492 e. The normalized spacial score (nSPS) is 42.7. The molecule has 0 aromatic heterocycles. The van der Waals surface area contributed by atoms with Crippen LogP contribution in [0.25, 0.3) is 0 Å². The van der Waals surface area contributed by atoms with E-state index >= 15 is 0 Å². The Morgan fingerprint density at radius 2 is 1.95 bits per heavy atom. The molecule has 6 heteroatoms. The minimum atomic E-state index is -0.371. The molecule has 8 aliphatic rings. The lowest BCUT2D eigenvalue weighted by Crippen LogP contribution is -2.65. The Morgan fingerprint density at radius 3 is 2.74 bits per heavy atom. The highest BCUT2D eigenvalue weighted by atomic mass is 16.6. The van der Waals surface area contributed by atoms with E-state index in [4.69, 9.17) is 14.2 Å². The predicted molar refractivity (Wildman–Crippen MR) is 148 cm³/mol. The average molecular weight is 534 g/mol. The monoisotopic (exact) mass is 533 g/mol. The predicted octanol–water partition coefficient (Wildman–Crippen LogP) is 5.77. The number of piperidine rings is 1. The third-order valence-corrected chi connectivity index (χ3v) is 11.2. The van der Waals surface area contributed by atoms with Gasteiger partial charge in [0.2, 0.25) is 5.76 Å². The van der Waals surface area contributed by atoms with E-state index in [-0.39, 0.29) is 47.3 Å². The molecule has 3 fully saturated rings. The van der Waals surface area contributed by atoms with Gasteiger partial charge in [-0.05, 0) is 56.9 Å². The number of allylic oxidation sites excluding steroid dienone is 2. The molecule has 0 aromatic rings. The van der Waals surface area contributed by atoms with Gasteiger partial charge in [-0.15, -0.1) is 0 Å². The maximum absolute atomic E-state index is 12.4. The second kappa shape index (κ2) is 9.66. The summed E-state index contributed by atoms with van der Waals surface area (Å²) in [4.78, 5) is 15.1. The number of aliphatic hydroxyl groups is 1. The number of esters is 1. The van der Waals surface area contributed by atoms with Gasteiger partial charge in [0.25, 0.3) is 0 Å². The molecule has 2 saturated heterocycles. The van der Waals surface area contributed by atoms with E-state index in [0.29, 0.717) is 22.9 Å². The van der Waals surface area contributed by atoms with Gasteiger partial charge in [-0.1, -0.05) is 56.9 Å². The van der Waals surface area contributed by atoms with Crippen molar-refractivity contribution in [2.75, 3.05) is 13.7 Å². The molecule has 0 aromatic carbocycles. The quantitative estimate of drug-likeness (QED) is 0.366. The van der Waals surface area contributed by atoms with Crippen molar-refractivity contribution in [3.63, 3.8) is 0 Å².